The SMILES string of the molecule is CC[C@H](C)[C@H](NC(=O)c1ccc(C(C)C)cc1)C(=O)O. The normalized spacial score (nSPS) is 13.8. The summed E-state index contributed by atoms with van der Waals surface area (Å²) in [7, 11) is 0. The van der Waals surface area contributed by atoms with Crippen molar-refractivity contribution >= 4 is 11.9 Å². The fraction of sp³-hybridized carbons (Fsp3) is 0.500. The highest BCUT2D eigenvalue weighted by atomic mass is 16.4. The van der Waals surface area contributed by atoms with Gasteiger partial charge in [-0.15, -0.1) is 0 Å². The Hall–Kier alpha value is -1.84. The summed E-state index contributed by atoms with van der Waals surface area (Å²) >= 11 is 0. The van der Waals surface area contributed by atoms with Crippen molar-refractivity contribution in [3.63, 3.8) is 0 Å². The molecule has 1 amide bonds. The van der Waals surface area contributed by atoms with Gasteiger partial charge in [-0.25, -0.2) is 4.79 Å². The smallest absolute Gasteiger partial charge is 0.326 e. The lowest BCUT2D eigenvalue weighted by atomic mass is 9.98. The van der Waals surface area contributed by atoms with Crippen LogP contribution in [-0.2, 0) is 4.79 Å². The maximum Gasteiger partial charge on any atom is 0.326 e. The Morgan fingerprint density at radius 1 is 1.15 bits per heavy atom. The minimum absolute atomic E-state index is 0.105. The van der Waals surface area contributed by atoms with Crippen molar-refractivity contribution in [3.05, 3.63) is 35.4 Å². The number of carbonyl (C=O) groups excluding carboxylic acids is 1. The minimum atomic E-state index is -0.994. The van der Waals surface area contributed by atoms with Crippen molar-refractivity contribution in [2.75, 3.05) is 0 Å². The molecule has 0 saturated carbocycles. The van der Waals surface area contributed by atoms with Gasteiger partial charge in [-0.05, 0) is 29.5 Å². The molecule has 0 unspecified atom stereocenters. The van der Waals surface area contributed by atoms with Crippen molar-refractivity contribution < 1.29 is 14.7 Å². The van der Waals surface area contributed by atoms with Crippen molar-refractivity contribution in [1.82, 2.24) is 5.32 Å². The predicted molar refractivity (Wildman–Crippen MR) is 78.9 cm³/mol. The Kier molecular flexibility index (Phi) is 5.74. The first kappa shape index (κ1) is 16.2. The van der Waals surface area contributed by atoms with Crippen LogP contribution in [0.4, 0.5) is 0 Å². The van der Waals surface area contributed by atoms with E-state index in [1.54, 1.807) is 12.1 Å². The van der Waals surface area contributed by atoms with E-state index in [1.807, 2.05) is 26.0 Å². The number of carbonyl (C=O) groups is 2. The summed E-state index contributed by atoms with van der Waals surface area (Å²) in [6.45, 7) is 7.89. The van der Waals surface area contributed by atoms with Gasteiger partial charge in [-0.1, -0.05) is 46.2 Å². The summed E-state index contributed by atoms with van der Waals surface area (Å²) in [5, 5.41) is 11.8. The van der Waals surface area contributed by atoms with Gasteiger partial charge >= 0.3 is 5.97 Å². The van der Waals surface area contributed by atoms with Gasteiger partial charge in [-0.2, -0.15) is 0 Å². The largest absolute Gasteiger partial charge is 0.480 e. The standard InChI is InChI=1S/C16H23NO3/c1-5-11(4)14(16(19)20)17-15(18)13-8-6-12(7-9-13)10(2)3/h6-11,14H,5H2,1-4H3,(H,17,18)(H,19,20)/t11-,14-/m0/s1. The zero-order chi connectivity index (χ0) is 15.3. The molecule has 0 heterocycles. The van der Waals surface area contributed by atoms with Crippen LogP contribution in [0, 0.1) is 5.92 Å². The highest BCUT2D eigenvalue weighted by Gasteiger charge is 2.25. The fourth-order valence-corrected chi connectivity index (χ4v) is 1.93. The number of hydrogen-bond donors (Lipinski definition) is 2. The van der Waals surface area contributed by atoms with Crippen LogP contribution in [0.2, 0.25) is 0 Å². The lowest BCUT2D eigenvalue weighted by Crippen LogP contribution is -2.45. The van der Waals surface area contributed by atoms with Gasteiger partial charge in [0, 0.05) is 5.56 Å². The average molecular weight is 277 g/mol. The van der Waals surface area contributed by atoms with Crippen LogP contribution in [0.15, 0.2) is 24.3 Å². The van der Waals surface area contributed by atoms with Gasteiger partial charge in [0.25, 0.3) is 5.91 Å². The van der Waals surface area contributed by atoms with Crippen molar-refractivity contribution in [1.29, 1.82) is 0 Å². The molecule has 110 valence electrons. The molecule has 0 aliphatic carbocycles. The average Bonchev–Trinajstić information content (AvgIpc) is 2.43. The second-order valence-electron chi connectivity index (χ2n) is 5.45. The van der Waals surface area contributed by atoms with E-state index in [2.05, 4.69) is 19.2 Å². The van der Waals surface area contributed by atoms with Gasteiger partial charge in [0.15, 0.2) is 0 Å². The fourth-order valence-electron chi connectivity index (χ4n) is 1.93. The number of aliphatic carboxylic acids is 1. The summed E-state index contributed by atoms with van der Waals surface area (Å²) in [4.78, 5) is 23.3. The third-order valence-electron chi connectivity index (χ3n) is 3.61. The molecule has 4 nitrogen and oxygen atoms in total. The minimum Gasteiger partial charge on any atom is -0.480 e. The van der Waals surface area contributed by atoms with Gasteiger partial charge in [0.1, 0.15) is 6.04 Å². The van der Waals surface area contributed by atoms with Crippen LogP contribution in [0.25, 0.3) is 0 Å². The molecule has 0 spiro atoms. The van der Waals surface area contributed by atoms with Gasteiger partial charge in [-0.3, -0.25) is 4.79 Å². The Morgan fingerprint density at radius 2 is 1.70 bits per heavy atom. The molecule has 1 aromatic rings. The molecule has 0 radical (unpaired) electrons. The zero-order valence-electron chi connectivity index (χ0n) is 12.5. The molecule has 0 aromatic heterocycles. The van der Waals surface area contributed by atoms with Crippen LogP contribution in [-0.4, -0.2) is 23.0 Å². The van der Waals surface area contributed by atoms with Gasteiger partial charge < -0.3 is 10.4 Å². The monoisotopic (exact) mass is 277 g/mol. The Morgan fingerprint density at radius 3 is 2.10 bits per heavy atom. The summed E-state index contributed by atoms with van der Waals surface area (Å²) in [5.74, 6) is -1.04. The molecule has 1 rings (SSSR count). The maximum absolute atomic E-state index is 12.1. The molecule has 0 saturated heterocycles. The highest BCUT2D eigenvalue weighted by molar-refractivity contribution is 5.96. The van der Waals surface area contributed by atoms with Crippen molar-refractivity contribution in [3.8, 4) is 0 Å². The quantitative estimate of drug-likeness (QED) is 0.840. The molecule has 2 N–H and O–H groups in total. The molecule has 0 aliphatic heterocycles. The number of amides is 1. The van der Waals surface area contributed by atoms with E-state index < -0.39 is 12.0 Å². The van der Waals surface area contributed by atoms with Crippen molar-refractivity contribution in [2.45, 2.75) is 46.1 Å². The Balaban J connectivity index is 2.81. The van der Waals surface area contributed by atoms with Crippen LogP contribution < -0.4 is 5.32 Å². The topological polar surface area (TPSA) is 66.4 Å². The summed E-state index contributed by atoms with van der Waals surface area (Å²) < 4.78 is 0. The number of rotatable bonds is 6. The maximum atomic E-state index is 12.1. The molecule has 2 atom stereocenters. The number of nitrogens with one attached hydrogen (secondary N) is 1. The van der Waals surface area contributed by atoms with E-state index in [1.165, 1.54) is 0 Å². The van der Waals surface area contributed by atoms with Crippen LogP contribution in [0.5, 0.6) is 0 Å². The van der Waals surface area contributed by atoms with Crippen LogP contribution in [0.1, 0.15) is 56.0 Å². The number of carboxylic acid groups (broad SMARTS) is 1. The third-order valence-corrected chi connectivity index (χ3v) is 3.61. The number of carboxylic acids is 1. The van der Waals surface area contributed by atoms with E-state index in [-0.39, 0.29) is 11.8 Å². The first-order valence-corrected chi connectivity index (χ1v) is 7.00. The van der Waals surface area contributed by atoms with E-state index in [9.17, 15) is 14.7 Å². The summed E-state index contributed by atoms with van der Waals surface area (Å²) in [6.07, 6.45) is 0.698. The number of hydrogen-bond acceptors (Lipinski definition) is 2. The molecular weight excluding hydrogens is 254 g/mol. The number of benzene rings is 1. The van der Waals surface area contributed by atoms with E-state index >= 15 is 0 Å². The molecule has 0 fully saturated rings. The Labute approximate surface area is 120 Å². The van der Waals surface area contributed by atoms with E-state index in [4.69, 9.17) is 0 Å². The lowest BCUT2D eigenvalue weighted by Gasteiger charge is -2.20. The second-order valence-corrected chi connectivity index (χ2v) is 5.45. The lowest BCUT2D eigenvalue weighted by molar-refractivity contribution is -0.140. The summed E-state index contributed by atoms with van der Waals surface area (Å²) in [6, 6.07) is 6.43. The van der Waals surface area contributed by atoms with Gasteiger partial charge in [0.2, 0.25) is 0 Å². The second kappa shape index (κ2) is 7.08. The first-order chi connectivity index (χ1) is 9.36. The van der Waals surface area contributed by atoms with E-state index in [0.29, 0.717) is 17.9 Å². The molecular formula is C16H23NO3. The van der Waals surface area contributed by atoms with Crippen LogP contribution >= 0.6 is 0 Å². The van der Waals surface area contributed by atoms with Crippen molar-refractivity contribution in [2.24, 2.45) is 5.92 Å². The first-order valence-electron chi connectivity index (χ1n) is 7.00. The molecule has 20 heavy (non-hydrogen) atoms. The van der Waals surface area contributed by atoms with E-state index in [0.717, 1.165) is 5.56 Å². The molecule has 0 aliphatic rings. The summed E-state index contributed by atoms with van der Waals surface area (Å²) in [5.41, 5.74) is 1.64. The zero-order valence-corrected chi connectivity index (χ0v) is 12.5. The molecule has 1 aromatic carbocycles. The van der Waals surface area contributed by atoms with Gasteiger partial charge in [0.05, 0.1) is 0 Å². The predicted octanol–water partition coefficient (Wildman–Crippen LogP) is 3.04. The third kappa shape index (κ3) is 4.08. The molecule has 4 heteroatoms. The highest BCUT2D eigenvalue weighted by Crippen LogP contribution is 2.15. The van der Waals surface area contributed by atoms with Crippen LogP contribution in [0.3, 0.4) is 0 Å². The molecule has 0 bridgehead atoms. The Bertz CT molecular complexity index is 465.